The van der Waals surface area contributed by atoms with Gasteiger partial charge >= 0.3 is 11.9 Å². The van der Waals surface area contributed by atoms with Gasteiger partial charge in [0.15, 0.2) is 0 Å². The molecule has 4 nitrogen and oxygen atoms in total. The van der Waals surface area contributed by atoms with E-state index in [9.17, 15) is 9.59 Å². The topological polar surface area (TPSA) is 52.6 Å². The first-order valence-electron chi connectivity index (χ1n) is 7.96. The Morgan fingerprint density at radius 3 is 2.27 bits per heavy atom. The number of aryl methyl sites for hydroxylation is 2. The minimum absolute atomic E-state index is 0.184. The van der Waals surface area contributed by atoms with Crippen LogP contribution in [0.2, 0.25) is 0 Å². The van der Waals surface area contributed by atoms with Crippen LogP contribution in [0.5, 0.6) is 5.75 Å². The molecule has 0 fully saturated rings. The lowest BCUT2D eigenvalue weighted by atomic mass is 10.1. The van der Waals surface area contributed by atoms with Crippen LogP contribution < -0.4 is 4.74 Å². The third-order valence-corrected chi connectivity index (χ3v) is 3.48. The number of rotatable bonds is 9. The molecule has 0 saturated carbocycles. The van der Waals surface area contributed by atoms with E-state index in [2.05, 4.69) is 6.92 Å². The van der Waals surface area contributed by atoms with Gasteiger partial charge in [0, 0.05) is 12.8 Å². The maximum absolute atomic E-state index is 11.7. The zero-order valence-electron chi connectivity index (χ0n) is 13.8. The molecule has 0 amide bonds. The van der Waals surface area contributed by atoms with E-state index in [1.807, 2.05) is 26.0 Å². The average molecular weight is 306 g/mol. The van der Waals surface area contributed by atoms with Crippen molar-refractivity contribution in [2.24, 2.45) is 0 Å². The lowest BCUT2D eigenvalue weighted by molar-refractivity contribution is -0.144. The molecular formula is C18H26O4. The molecule has 1 rings (SSSR count). The summed E-state index contributed by atoms with van der Waals surface area (Å²) in [6.45, 7) is 6.54. The molecule has 1 aromatic carbocycles. The molecule has 1 aromatic rings. The highest BCUT2D eigenvalue weighted by atomic mass is 16.5. The molecule has 0 spiro atoms. The SMILES string of the molecule is CCCCOC(=O)CCCCC(=O)Oc1ccc(C)c(C)c1. The summed E-state index contributed by atoms with van der Waals surface area (Å²) in [6, 6.07) is 5.59. The van der Waals surface area contributed by atoms with E-state index >= 15 is 0 Å². The fraction of sp³-hybridized carbons (Fsp3) is 0.556. The molecule has 0 aromatic heterocycles. The molecular weight excluding hydrogens is 280 g/mol. The Labute approximate surface area is 132 Å². The second-order valence-electron chi connectivity index (χ2n) is 5.50. The van der Waals surface area contributed by atoms with Gasteiger partial charge in [-0.15, -0.1) is 0 Å². The Balaban J connectivity index is 2.18. The Hall–Kier alpha value is -1.84. The fourth-order valence-corrected chi connectivity index (χ4v) is 1.90. The smallest absolute Gasteiger partial charge is 0.311 e. The van der Waals surface area contributed by atoms with Gasteiger partial charge in [-0.3, -0.25) is 9.59 Å². The standard InChI is InChI=1S/C18H26O4/c1-4-5-12-21-17(19)8-6-7-9-18(20)22-16-11-10-14(2)15(3)13-16/h10-11,13H,4-9,12H2,1-3H3. The summed E-state index contributed by atoms with van der Waals surface area (Å²) in [6.07, 6.45) is 3.86. The van der Waals surface area contributed by atoms with Crippen LogP contribution in [0, 0.1) is 13.8 Å². The van der Waals surface area contributed by atoms with Gasteiger partial charge in [0.2, 0.25) is 0 Å². The van der Waals surface area contributed by atoms with E-state index in [4.69, 9.17) is 9.47 Å². The van der Waals surface area contributed by atoms with Crippen molar-refractivity contribution >= 4 is 11.9 Å². The van der Waals surface area contributed by atoms with Crippen molar-refractivity contribution < 1.29 is 19.1 Å². The van der Waals surface area contributed by atoms with Crippen LogP contribution in [0.1, 0.15) is 56.6 Å². The van der Waals surface area contributed by atoms with Crippen LogP contribution >= 0.6 is 0 Å². The molecule has 0 unspecified atom stereocenters. The summed E-state index contributed by atoms with van der Waals surface area (Å²) in [4.78, 5) is 23.1. The summed E-state index contributed by atoms with van der Waals surface area (Å²) in [5.74, 6) is 0.130. The van der Waals surface area contributed by atoms with Crippen LogP contribution in [0.4, 0.5) is 0 Å². The van der Waals surface area contributed by atoms with E-state index in [1.165, 1.54) is 5.56 Å². The monoisotopic (exact) mass is 306 g/mol. The lowest BCUT2D eigenvalue weighted by Gasteiger charge is -2.07. The predicted octanol–water partition coefficient (Wildman–Crippen LogP) is 4.11. The number of ether oxygens (including phenoxy) is 2. The third-order valence-electron chi connectivity index (χ3n) is 3.48. The second-order valence-corrected chi connectivity index (χ2v) is 5.50. The molecule has 0 aliphatic heterocycles. The Morgan fingerprint density at radius 2 is 1.64 bits per heavy atom. The van der Waals surface area contributed by atoms with Crippen molar-refractivity contribution in [3.05, 3.63) is 29.3 Å². The summed E-state index contributed by atoms with van der Waals surface area (Å²) < 4.78 is 10.3. The van der Waals surface area contributed by atoms with Gasteiger partial charge in [-0.05, 0) is 56.4 Å². The Kier molecular flexibility index (Phi) is 8.26. The molecule has 0 radical (unpaired) electrons. The number of unbranched alkanes of at least 4 members (excludes halogenated alkanes) is 2. The maximum Gasteiger partial charge on any atom is 0.311 e. The molecule has 0 N–H and O–H groups in total. The molecule has 0 atom stereocenters. The lowest BCUT2D eigenvalue weighted by Crippen LogP contribution is -2.09. The first-order chi connectivity index (χ1) is 10.5. The van der Waals surface area contributed by atoms with Crippen molar-refractivity contribution in [1.29, 1.82) is 0 Å². The van der Waals surface area contributed by atoms with Crippen LogP contribution in [0.15, 0.2) is 18.2 Å². The van der Waals surface area contributed by atoms with Gasteiger partial charge in [-0.25, -0.2) is 0 Å². The van der Waals surface area contributed by atoms with Crippen LogP contribution in [0.3, 0.4) is 0 Å². The van der Waals surface area contributed by atoms with Gasteiger partial charge < -0.3 is 9.47 Å². The fourth-order valence-electron chi connectivity index (χ4n) is 1.90. The van der Waals surface area contributed by atoms with E-state index in [0.29, 0.717) is 38.0 Å². The molecule has 0 heterocycles. The van der Waals surface area contributed by atoms with Gasteiger partial charge in [0.05, 0.1) is 6.61 Å². The number of hydrogen-bond acceptors (Lipinski definition) is 4. The number of carbonyl (C=O) groups excluding carboxylic acids is 2. The molecule has 0 saturated heterocycles. The first kappa shape index (κ1) is 18.2. The number of hydrogen-bond donors (Lipinski definition) is 0. The highest BCUT2D eigenvalue weighted by molar-refractivity contribution is 5.72. The normalized spacial score (nSPS) is 10.3. The average Bonchev–Trinajstić information content (AvgIpc) is 2.48. The first-order valence-corrected chi connectivity index (χ1v) is 7.96. The number of benzene rings is 1. The van der Waals surface area contributed by atoms with Gasteiger partial charge in [-0.1, -0.05) is 19.4 Å². The molecule has 4 heteroatoms. The Morgan fingerprint density at radius 1 is 0.955 bits per heavy atom. The third kappa shape index (κ3) is 7.25. The zero-order valence-corrected chi connectivity index (χ0v) is 13.8. The number of esters is 2. The van der Waals surface area contributed by atoms with Crippen LogP contribution in [-0.2, 0) is 14.3 Å². The second kappa shape index (κ2) is 9.98. The van der Waals surface area contributed by atoms with E-state index in [0.717, 1.165) is 18.4 Å². The molecule has 0 bridgehead atoms. The predicted molar refractivity (Wildman–Crippen MR) is 85.9 cm³/mol. The minimum atomic E-state index is -0.261. The van der Waals surface area contributed by atoms with Crippen LogP contribution in [-0.4, -0.2) is 18.5 Å². The highest BCUT2D eigenvalue weighted by Gasteiger charge is 2.07. The quantitative estimate of drug-likeness (QED) is 0.391. The summed E-state index contributed by atoms with van der Waals surface area (Å²) in [5.41, 5.74) is 2.27. The minimum Gasteiger partial charge on any atom is -0.466 e. The number of carbonyl (C=O) groups is 2. The van der Waals surface area contributed by atoms with E-state index < -0.39 is 0 Å². The zero-order chi connectivity index (χ0) is 16.4. The van der Waals surface area contributed by atoms with Gasteiger partial charge in [-0.2, -0.15) is 0 Å². The summed E-state index contributed by atoms with van der Waals surface area (Å²) >= 11 is 0. The van der Waals surface area contributed by atoms with Crippen molar-refractivity contribution in [3.63, 3.8) is 0 Å². The van der Waals surface area contributed by atoms with E-state index in [-0.39, 0.29) is 11.9 Å². The van der Waals surface area contributed by atoms with Gasteiger partial charge in [0.1, 0.15) is 5.75 Å². The highest BCUT2D eigenvalue weighted by Crippen LogP contribution is 2.17. The Bertz CT molecular complexity index is 494. The molecule has 0 aliphatic rings. The van der Waals surface area contributed by atoms with Gasteiger partial charge in [0.25, 0.3) is 0 Å². The van der Waals surface area contributed by atoms with E-state index in [1.54, 1.807) is 6.07 Å². The molecule has 0 aliphatic carbocycles. The van der Waals surface area contributed by atoms with Crippen molar-refractivity contribution in [3.8, 4) is 5.75 Å². The van der Waals surface area contributed by atoms with Crippen molar-refractivity contribution in [2.45, 2.75) is 59.3 Å². The largest absolute Gasteiger partial charge is 0.466 e. The van der Waals surface area contributed by atoms with Crippen molar-refractivity contribution in [1.82, 2.24) is 0 Å². The van der Waals surface area contributed by atoms with Crippen LogP contribution in [0.25, 0.3) is 0 Å². The molecule has 122 valence electrons. The summed E-state index contributed by atoms with van der Waals surface area (Å²) in [5, 5.41) is 0. The van der Waals surface area contributed by atoms with Crippen molar-refractivity contribution in [2.75, 3.05) is 6.61 Å². The molecule has 22 heavy (non-hydrogen) atoms. The maximum atomic E-state index is 11.7. The summed E-state index contributed by atoms with van der Waals surface area (Å²) in [7, 11) is 0.